The summed E-state index contributed by atoms with van der Waals surface area (Å²) in [5.41, 5.74) is 0.300. The maximum Gasteiger partial charge on any atom is 1.00 e. The summed E-state index contributed by atoms with van der Waals surface area (Å²) in [5, 5.41) is 0.821. The van der Waals surface area contributed by atoms with Crippen LogP contribution in [0.1, 0.15) is 25.6 Å². The Morgan fingerprint density at radius 2 is 1.59 bits per heavy atom. The molecule has 0 aromatic heterocycles. The fraction of sp³-hybridized carbons (Fsp3) is 0.381. The molecule has 29 heavy (non-hydrogen) atoms. The molecule has 0 saturated carbocycles. The van der Waals surface area contributed by atoms with Crippen LogP contribution in [0.4, 0.5) is 0 Å². The number of ether oxygens (including phenoxy) is 5. The Labute approximate surface area is 187 Å². The van der Waals surface area contributed by atoms with Crippen LogP contribution in [0.2, 0.25) is 0 Å². The van der Waals surface area contributed by atoms with Gasteiger partial charge in [-0.2, -0.15) is 0 Å². The van der Waals surface area contributed by atoms with Crippen molar-refractivity contribution in [1.29, 1.82) is 0 Å². The molecule has 0 saturated heterocycles. The van der Waals surface area contributed by atoms with Gasteiger partial charge in [-0.05, 0) is 28.5 Å². The first-order valence-electron chi connectivity index (χ1n) is 9.14. The average Bonchev–Trinajstić information content (AvgIpc) is 2.71. The SMILES string of the molecule is CCOCCOc1ccccc1PC(=O)c1c(OC)cc(OCC)cc1OC.[H-].[Li+]. The number of benzene rings is 2. The molecule has 0 aliphatic rings. The van der Waals surface area contributed by atoms with Crippen LogP contribution in [0.3, 0.4) is 0 Å². The van der Waals surface area contributed by atoms with Gasteiger partial charge in [-0.3, -0.25) is 4.79 Å². The summed E-state index contributed by atoms with van der Waals surface area (Å²) in [6.07, 6.45) is 0. The maximum absolute atomic E-state index is 13.1. The molecule has 1 atom stereocenters. The standard InChI is InChI=1S/C21H27O6P.Li.H/c1-5-25-11-12-27-16-9-7-8-10-19(16)28-21(22)20-17(23-3)13-15(26-6-2)14-18(20)24-4;;/h7-10,13-14,28H,5-6,11-12H2,1-4H3;;/q;+1;-1. The topological polar surface area (TPSA) is 63.2 Å². The number of carbonyl (C=O) groups is 1. The number of rotatable bonds is 12. The van der Waals surface area contributed by atoms with Crippen LogP contribution in [-0.2, 0) is 4.74 Å². The van der Waals surface area contributed by atoms with Gasteiger partial charge < -0.3 is 25.1 Å². The third-order valence-electron chi connectivity index (χ3n) is 3.84. The second-order valence-electron chi connectivity index (χ2n) is 5.63. The van der Waals surface area contributed by atoms with E-state index in [1.54, 1.807) is 12.1 Å². The number of carbonyl (C=O) groups excluding carboxylic acids is 1. The number of para-hydroxylation sites is 1. The van der Waals surface area contributed by atoms with Crippen molar-refractivity contribution in [2.45, 2.75) is 13.8 Å². The molecule has 6 nitrogen and oxygen atoms in total. The summed E-state index contributed by atoms with van der Waals surface area (Å²) in [6, 6.07) is 10.9. The van der Waals surface area contributed by atoms with E-state index in [2.05, 4.69) is 0 Å². The van der Waals surface area contributed by atoms with Crippen molar-refractivity contribution in [3.63, 3.8) is 0 Å². The zero-order valence-electron chi connectivity index (χ0n) is 18.7. The van der Waals surface area contributed by atoms with Gasteiger partial charge in [0.15, 0.2) is 5.52 Å². The first-order valence-corrected chi connectivity index (χ1v) is 10.1. The Morgan fingerprint density at radius 3 is 2.17 bits per heavy atom. The average molecular weight is 414 g/mol. The fourth-order valence-corrected chi connectivity index (χ4v) is 3.67. The van der Waals surface area contributed by atoms with Crippen molar-refractivity contribution in [2.24, 2.45) is 0 Å². The summed E-state index contributed by atoms with van der Waals surface area (Å²) in [4.78, 5) is 13.1. The molecule has 8 heteroatoms. The molecular weight excluding hydrogens is 386 g/mol. The van der Waals surface area contributed by atoms with Gasteiger partial charge in [-0.1, -0.05) is 18.2 Å². The van der Waals surface area contributed by atoms with E-state index in [1.165, 1.54) is 14.2 Å². The van der Waals surface area contributed by atoms with Gasteiger partial charge in [0.25, 0.3) is 0 Å². The van der Waals surface area contributed by atoms with Crippen molar-refractivity contribution >= 4 is 19.4 Å². The zero-order valence-corrected chi connectivity index (χ0v) is 18.7. The normalized spacial score (nSPS) is 10.5. The van der Waals surface area contributed by atoms with Gasteiger partial charge in [0, 0.05) is 24.0 Å². The monoisotopic (exact) mass is 414 g/mol. The van der Waals surface area contributed by atoms with Crippen LogP contribution in [-0.4, -0.2) is 46.2 Å². The first-order chi connectivity index (χ1) is 13.6. The van der Waals surface area contributed by atoms with Gasteiger partial charge in [-0.15, -0.1) is 0 Å². The minimum Gasteiger partial charge on any atom is -1.00 e. The van der Waals surface area contributed by atoms with E-state index in [4.69, 9.17) is 23.7 Å². The Hall–Kier alpha value is -1.70. The number of methoxy groups -OCH3 is 2. The van der Waals surface area contributed by atoms with E-state index in [-0.39, 0.29) is 34.4 Å². The minimum absolute atomic E-state index is 0. The number of hydrogen-bond acceptors (Lipinski definition) is 6. The van der Waals surface area contributed by atoms with E-state index in [9.17, 15) is 4.79 Å². The molecule has 0 N–H and O–H groups in total. The Morgan fingerprint density at radius 1 is 0.931 bits per heavy atom. The molecule has 2 rings (SSSR count). The van der Waals surface area contributed by atoms with E-state index in [0.29, 0.717) is 55.0 Å². The summed E-state index contributed by atoms with van der Waals surface area (Å²) in [7, 11) is 2.90. The van der Waals surface area contributed by atoms with Crippen molar-refractivity contribution in [2.75, 3.05) is 40.6 Å². The van der Waals surface area contributed by atoms with Crippen LogP contribution in [0.5, 0.6) is 23.0 Å². The summed E-state index contributed by atoms with van der Waals surface area (Å²) in [5.74, 6) is 2.12. The molecule has 0 fully saturated rings. The van der Waals surface area contributed by atoms with Gasteiger partial charge in [0.2, 0.25) is 0 Å². The minimum atomic E-state index is -0.142. The fourth-order valence-electron chi connectivity index (χ4n) is 2.60. The van der Waals surface area contributed by atoms with E-state index >= 15 is 0 Å². The summed E-state index contributed by atoms with van der Waals surface area (Å²) >= 11 is 0. The van der Waals surface area contributed by atoms with Crippen LogP contribution in [0.25, 0.3) is 0 Å². The molecule has 0 radical (unpaired) electrons. The Bertz CT molecular complexity index is 765. The predicted molar refractivity (Wildman–Crippen MR) is 113 cm³/mol. The molecule has 1 unspecified atom stereocenters. The Kier molecular flexibility index (Phi) is 11.8. The Balaban J connectivity index is 0.00000420. The number of hydrogen-bond donors (Lipinski definition) is 0. The van der Waals surface area contributed by atoms with Crippen molar-refractivity contribution in [3.05, 3.63) is 42.0 Å². The van der Waals surface area contributed by atoms with Gasteiger partial charge >= 0.3 is 18.9 Å². The molecule has 0 aliphatic carbocycles. The van der Waals surface area contributed by atoms with Crippen molar-refractivity contribution in [3.8, 4) is 23.0 Å². The predicted octanol–water partition coefficient (Wildman–Crippen LogP) is 0.778. The molecule has 0 spiro atoms. The second kappa shape index (κ2) is 13.5. The zero-order chi connectivity index (χ0) is 20.4. The van der Waals surface area contributed by atoms with Crippen LogP contribution >= 0.6 is 8.58 Å². The largest absolute Gasteiger partial charge is 1.00 e. The van der Waals surface area contributed by atoms with Crippen molar-refractivity contribution in [1.82, 2.24) is 0 Å². The van der Waals surface area contributed by atoms with Crippen LogP contribution in [0.15, 0.2) is 36.4 Å². The third-order valence-corrected chi connectivity index (χ3v) is 5.00. The maximum atomic E-state index is 13.1. The molecule has 0 amide bonds. The van der Waals surface area contributed by atoms with Gasteiger partial charge in [-0.25, -0.2) is 0 Å². The van der Waals surface area contributed by atoms with E-state index in [1.807, 2.05) is 38.1 Å². The molecule has 0 aliphatic heterocycles. The van der Waals surface area contributed by atoms with E-state index < -0.39 is 0 Å². The molecule has 154 valence electrons. The summed E-state index contributed by atoms with van der Waals surface area (Å²) < 4.78 is 27.5. The quantitative estimate of drug-likeness (QED) is 0.291. The third kappa shape index (κ3) is 7.24. The van der Waals surface area contributed by atoms with E-state index in [0.717, 1.165) is 5.30 Å². The molecular formula is C21H28LiO6P. The smallest absolute Gasteiger partial charge is 1.00 e. The van der Waals surface area contributed by atoms with Gasteiger partial charge in [0.05, 0.1) is 27.4 Å². The molecule has 2 aromatic carbocycles. The molecule has 2 aromatic rings. The van der Waals surface area contributed by atoms with Crippen LogP contribution in [0, 0.1) is 0 Å². The second-order valence-corrected chi connectivity index (χ2v) is 6.87. The molecule has 0 heterocycles. The van der Waals surface area contributed by atoms with Crippen molar-refractivity contribution < 1.29 is 48.8 Å². The molecule has 0 bridgehead atoms. The summed E-state index contributed by atoms with van der Waals surface area (Å²) in [6.45, 7) is 5.91. The first kappa shape index (κ1) is 25.3. The van der Waals surface area contributed by atoms with Crippen LogP contribution < -0.4 is 43.1 Å². The van der Waals surface area contributed by atoms with Gasteiger partial charge in [0.1, 0.15) is 35.2 Å².